The monoisotopic (exact) mass is 313 g/mol. The molecular formula is C16H15N3O2S. The van der Waals surface area contributed by atoms with Gasteiger partial charge in [-0.25, -0.2) is 0 Å². The van der Waals surface area contributed by atoms with Crippen molar-refractivity contribution in [3.63, 3.8) is 0 Å². The minimum absolute atomic E-state index is 0.188. The van der Waals surface area contributed by atoms with Gasteiger partial charge in [0.05, 0.1) is 6.26 Å². The first-order valence-corrected chi connectivity index (χ1v) is 7.82. The average molecular weight is 313 g/mol. The highest BCUT2D eigenvalue weighted by atomic mass is 32.1. The number of anilines is 1. The Bertz CT molecular complexity index is 738. The molecule has 2 aromatic heterocycles. The molecule has 2 heterocycles. The van der Waals surface area contributed by atoms with Crippen LogP contribution in [-0.4, -0.2) is 16.1 Å². The number of carbonyl (C=O) groups excluding carboxylic acids is 1. The highest BCUT2D eigenvalue weighted by molar-refractivity contribution is 7.15. The molecule has 3 aromatic rings. The van der Waals surface area contributed by atoms with Crippen molar-refractivity contribution in [1.82, 2.24) is 10.2 Å². The van der Waals surface area contributed by atoms with E-state index in [0.29, 0.717) is 5.13 Å². The molecule has 0 fully saturated rings. The topological polar surface area (TPSA) is 68.0 Å². The normalized spacial score (nSPS) is 12.0. The Morgan fingerprint density at radius 2 is 2.05 bits per heavy atom. The molecule has 0 saturated heterocycles. The largest absolute Gasteiger partial charge is 0.459 e. The zero-order valence-corrected chi connectivity index (χ0v) is 12.8. The summed E-state index contributed by atoms with van der Waals surface area (Å²) in [5, 5.41) is 12.4. The van der Waals surface area contributed by atoms with Crippen molar-refractivity contribution in [1.29, 1.82) is 0 Å². The van der Waals surface area contributed by atoms with E-state index in [-0.39, 0.29) is 17.6 Å². The second-order valence-electron chi connectivity index (χ2n) is 4.75. The van der Waals surface area contributed by atoms with Gasteiger partial charge in [0.1, 0.15) is 5.01 Å². The van der Waals surface area contributed by atoms with Crippen molar-refractivity contribution in [2.75, 3.05) is 5.32 Å². The molecule has 0 aliphatic heterocycles. The van der Waals surface area contributed by atoms with Crippen LogP contribution >= 0.6 is 11.3 Å². The Labute approximate surface area is 132 Å². The molecule has 1 N–H and O–H groups in total. The van der Waals surface area contributed by atoms with Crippen LogP contribution in [0.4, 0.5) is 5.13 Å². The molecule has 22 heavy (non-hydrogen) atoms. The Morgan fingerprint density at radius 3 is 2.73 bits per heavy atom. The summed E-state index contributed by atoms with van der Waals surface area (Å²) in [5.41, 5.74) is 1.20. The second kappa shape index (κ2) is 6.53. The summed E-state index contributed by atoms with van der Waals surface area (Å²) in [6.07, 6.45) is 2.38. The number of nitrogens with zero attached hydrogens (tertiary/aromatic N) is 2. The van der Waals surface area contributed by atoms with Crippen molar-refractivity contribution in [2.45, 2.75) is 19.3 Å². The number of amides is 1. The van der Waals surface area contributed by atoms with Crippen LogP contribution < -0.4 is 5.32 Å². The summed E-state index contributed by atoms with van der Waals surface area (Å²) >= 11 is 1.39. The molecule has 1 aromatic carbocycles. The third kappa shape index (κ3) is 3.07. The van der Waals surface area contributed by atoms with E-state index in [4.69, 9.17) is 4.42 Å². The molecule has 0 saturated carbocycles. The van der Waals surface area contributed by atoms with Crippen LogP contribution in [0.2, 0.25) is 0 Å². The lowest BCUT2D eigenvalue weighted by molar-refractivity contribution is 0.0996. The maximum atomic E-state index is 11.9. The molecule has 5 nitrogen and oxygen atoms in total. The number of furan rings is 1. The number of benzene rings is 1. The van der Waals surface area contributed by atoms with Gasteiger partial charge in [-0.1, -0.05) is 48.6 Å². The first-order chi connectivity index (χ1) is 10.8. The average Bonchev–Trinajstić information content (AvgIpc) is 3.21. The zero-order valence-electron chi connectivity index (χ0n) is 12.0. The van der Waals surface area contributed by atoms with Crippen molar-refractivity contribution >= 4 is 22.4 Å². The van der Waals surface area contributed by atoms with Gasteiger partial charge in [0.2, 0.25) is 5.13 Å². The van der Waals surface area contributed by atoms with Gasteiger partial charge in [-0.3, -0.25) is 10.1 Å². The van der Waals surface area contributed by atoms with Gasteiger partial charge < -0.3 is 4.42 Å². The van der Waals surface area contributed by atoms with Gasteiger partial charge in [-0.05, 0) is 24.1 Å². The second-order valence-corrected chi connectivity index (χ2v) is 5.76. The molecule has 0 bridgehead atoms. The van der Waals surface area contributed by atoms with Gasteiger partial charge >= 0.3 is 0 Å². The first kappa shape index (κ1) is 14.5. The molecule has 0 radical (unpaired) electrons. The SMILES string of the molecule is CC[C@H](c1ccccc1)c1nnc(NC(=O)c2ccco2)s1. The van der Waals surface area contributed by atoms with E-state index in [1.165, 1.54) is 23.2 Å². The Hall–Kier alpha value is -2.47. The van der Waals surface area contributed by atoms with E-state index in [1.54, 1.807) is 12.1 Å². The van der Waals surface area contributed by atoms with Crippen molar-refractivity contribution in [2.24, 2.45) is 0 Å². The van der Waals surface area contributed by atoms with Crippen molar-refractivity contribution in [3.8, 4) is 0 Å². The lowest BCUT2D eigenvalue weighted by Crippen LogP contribution is -2.10. The molecule has 1 atom stereocenters. The number of hydrogen-bond acceptors (Lipinski definition) is 5. The minimum Gasteiger partial charge on any atom is -0.459 e. The lowest BCUT2D eigenvalue weighted by Gasteiger charge is -2.10. The van der Waals surface area contributed by atoms with Crippen LogP contribution in [-0.2, 0) is 0 Å². The van der Waals surface area contributed by atoms with E-state index in [9.17, 15) is 4.79 Å². The van der Waals surface area contributed by atoms with E-state index >= 15 is 0 Å². The molecule has 0 aliphatic carbocycles. The first-order valence-electron chi connectivity index (χ1n) is 7.01. The van der Waals surface area contributed by atoms with E-state index < -0.39 is 0 Å². The summed E-state index contributed by atoms with van der Waals surface area (Å²) in [6, 6.07) is 13.5. The number of rotatable bonds is 5. The summed E-state index contributed by atoms with van der Waals surface area (Å²) in [5.74, 6) is 0.125. The number of hydrogen-bond donors (Lipinski definition) is 1. The smallest absolute Gasteiger partial charge is 0.293 e. The van der Waals surface area contributed by atoms with Crippen LogP contribution in [0.25, 0.3) is 0 Å². The third-order valence-corrected chi connectivity index (χ3v) is 4.27. The summed E-state index contributed by atoms with van der Waals surface area (Å²) in [6.45, 7) is 2.11. The highest BCUT2D eigenvalue weighted by Gasteiger charge is 2.18. The minimum atomic E-state index is -0.319. The van der Waals surface area contributed by atoms with Gasteiger partial charge in [-0.2, -0.15) is 0 Å². The predicted molar refractivity (Wildman–Crippen MR) is 85.1 cm³/mol. The molecule has 6 heteroatoms. The standard InChI is InChI=1S/C16H15N3O2S/c1-2-12(11-7-4-3-5-8-11)15-18-19-16(22-15)17-14(20)13-9-6-10-21-13/h3-10,12H,2H2,1H3,(H,17,19,20)/t12-/m1/s1. The number of nitrogens with one attached hydrogen (secondary N) is 1. The van der Waals surface area contributed by atoms with Crippen molar-refractivity contribution in [3.05, 3.63) is 65.1 Å². The quantitative estimate of drug-likeness (QED) is 0.775. The molecule has 112 valence electrons. The fourth-order valence-corrected chi connectivity index (χ4v) is 3.18. The maximum Gasteiger partial charge on any atom is 0.293 e. The maximum absolute atomic E-state index is 11.9. The van der Waals surface area contributed by atoms with E-state index in [2.05, 4.69) is 34.6 Å². The fraction of sp³-hybridized carbons (Fsp3) is 0.188. The van der Waals surface area contributed by atoms with E-state index in [1.807, 2.05) is 18.2 Å². The molecule has 0 spiro atoms. The Morgan fingerprint density at radius 1 is 1.23 bits per heavy atom. The molecular weight excluding hydrogens is 298 g/mol. The lowest BCUT2D eigenvalue weighted by atomic mass is 9.97. The predicted octanol–water partition coefficient (Wildman–Crippen LogP) is 3.93. The third-order valence-electron chi connectivity index (χ3n) is 3.31. The van der Waals surface area contributed by atoms with Crippen LogP contribution in [0.1, 0.15) is 40.4 Å². The van der Waals surface area contributed by atoms with Crippen LogP contribution in [0.5, 0.6) is 0 Å². The summed E-state index contributed by atoms with van der Waals surface area (Å²) < 4.78 is 5.06. The fourth-order valence-electron chi connectivity index (χ4n) is 2.23. The molecule has 0 unspecified atom stereocenters. The highest BCUT2D eigenvalue weighted by Crippen LogP contribution is 2.31. The summed E-state index contributed by atoms with van der Waals surface area (Å²) in [7, 11) is 0. The molecule has 1 amide bonds. The van der Waals surface area contributed by atoms with Gasteiger partial charge in [0.15, 0.2) is 5.76 Å². The number of carbonyl (C=O) groups is 1. The summed E-state index contributed by atoms with van der Waals surface area (Å²) in [4.78, 5) is 11.9. The molecule has 0 aliphatic rings. The van der Waals surface area contributed by atoms with Gasteiger partial charge in [0.25, 0.3) is 5.91 Å². The Balaban J connectivity index is 1.77. The van der Waals surface area contributed by atoms with Gasteiger partial charge in [-0.15, -0.1) is 10.2 Å². The van der Waals surface area contributed by atoms with E-state index in [0.717, 1.165) is 11.4 Å². The van der Waals surface area contributed by atoms with Crippen LogP contribution in [0.15, 0.2) is 53.1 Å². The van der Waals surface area contributed by atoms with Crippen molar-refractivity contribution < 1.29 is 9.21 Å². The van der Waals surface area contributed by atoms with Crippen LogP contribution in [0.3, 0.4) is 0 Å². The van der Waals surface area contributed by atoms with Crippen LogP contribution in [0, 0.1) is 0 Å². The number of aromatic nitrogens is 2. The molecule has 3 rings (SSSR count). The van der Waals surface area contributed by atoms with Gasteiger partial charge in [0, 0.05) is 5.92 Å². The zero-order chi connectivity index (χ0) is 15.4. The Kier molecular flexibility index (Phi) is 4.29.